The van der Waals surface area contributed by atoms with E-state index in [4.69, 9.17) is 31.0 Å². The quantitative estimate of drug-likeness (QED) is 0.0473. The molecule has 0 aliphatic carbocycles. The summed E-state index contributed by atoms with van der Waals surface area (Å²) in [6, 6.07) is 30.6. The highest BCUT2D eigenvalue weighted by Gasteiger charge is 2.23. The minimum absolute atomic E-state index is 0.0447. The summed E-state index contributed by atoms with van der Waals surface area (Å²) in [7, 11) is 7.03. The molecule has 5 amide bonds. The van der Waals surface area contributed by atoms with Gasteiger partial charge in [0.15, 0.2) is 5.65 Å². The van der Waals surface area contributed by atoms with Crippen molar-refractivity contribution in [1.29, 1.82) is 5.26 Å². The van der Waals surface area contributed by atoms with E-state index in [1.54, 1.807) is 49.3 Å². The van der Waals surface area contributed by atoms with Crippen LogP contribution in [0.25, 0.3) is 28.2 Å². The number of nitrogens with zero attached hydrogens (tertiary/aromatic N) is 7. The molecule has 0 spiro atoms. The first-order valence-electron chi connectivity index (χ1n) is 27.1. The highest BCUT2D eigenvalue weighted by Crippen LogP contribution is 2.29. The summed E-state index contributed by atoms with van der Waals surface area (Å²) < 4.78 is 16.3. The molecule has 0 aliphatic heterocycles. The average molecular weight is 1200 g/mol. The molecule has 82 heavy (non-hydrogen) atoms. The van der Waals surface area contributed by atoms with Crippen LogP contribution in [0.15, 0.2) is 120 Å². The Bertz CT molecular complexity index is 3390. The van der Waals surface area contributed by atoms with Crippen LogP contribution >= 0.6 is 27.5 Å². The Morgan fingerprint density at radius 2 is 1.29 bits per heavy atom. The van der Waals surface area contributed by atoms with Crippen LogP contribution in [0.5, 0.6) is 11.5 Å². The van der Waals surface area contributed by atoms with Gasteiger partial charge in [-0.1, -0.05) is 60.1 Å². The number of carbonyl (C=O) groups excluding carboxylic acids is 5. The van der Waals surface area contributed by atoms with Crippen LogP contribution in [-0.4, -0.2) is 124 Å². The van der Waals surface area contributed by atoms with Gasteiger partial charge in [-0.05, 0) is 144 Å². The number of aryl methyl sites for hydroxylation is 1. The third-order valence-corrected chi connectivity index (χ3v) is 13.6. The lowest BCUT2D eigenvalue weighted by atomic mass is 10.00. The molecule has 0 bridgehead atoms. The molecule has 4 aromatic carbocycles. The molecule has 7 aromatic rings. The predicted molar refractivity (Wildman–Crippen MR) is 323 cm³/mol. The number of imidazole rings is 2. The molecule has 3 aromatic heterocycles. The first-order valence-corrected chi connectivity index (χ1v) is 28.2. The molecule has 20 heteroatoms. The maximum atomic E-state index is 13.2. The van der Waals surface area contributed by atoms with Crippen molar-refractivity contribution in [3.8, 4) is 40.1 Å². The van der Waals surface area contributed by atoms with Gasteiger partial charge in [0.25, 0.3) is 11.8 Å². The number of carbonyl (C=O) groups is 5. The number of rotatable bonds is 23. The Balaban J connectivity index is 0.000000264. The van der Waals surface area contributed by atoms with Crippen molar-refractivity contribution in [2.45, 2.75) is 105 Å². The van der Waals surface area contributed by atoms with E-state index >= 15 is 0 Å². The second-order valence-corrected chi connectivity index (χ2v) is 22.1. The van der Waals surface area contributed by atoms with Gasteiger partial charge >= 0.3 is 0 Å². The second kappa shape index (κ2) is 29.6. The van der Waals surface area contributed by atoms with Gasteiger partial charge < -0.3 is 49.5 Å². The number of nitrogens with one attached hydrogen (secondary N) is 4. The van der Waals surface area contributed by atoms with E-state index in [0.717, 1.165) is 56.1 Å². The summed E-state index contributed by atoms with van der Waals surface area (Å²) in [5.41, 5.74) is 7.37. The van der Waals surface area contributed by atoms with Crippen LogP contribution in [0.1, 0.15) is 104 Å². The maximum Gasteiger partial charge on any atom is 0.251 e. The predicted octanol–water partition coefficient (Wildman–Crippen LogP) is 9.47. The van der Waals surface area contributed by atoms with Gasteiger partial charge in [-0.3, -0.25) is 24.0 Å². The molecule has 3 unspecified atom stereocenters. The van der Waals surface area contributed by atoms with E-state index in [2.05, 4.69) is 43.3 Å². The number of nitriles is 1. The minimum atomic E-state index is -0.432. The second-order valence-electron chi connectivity index (χ2n) is 20.9. The van der Waals surface area contributed by atoms with Gasteiger partial charge in [-0.2, -0.15) is 5.26 Å². The van der Waals surface area contributed by atoms with Gasteiger partial charge in [-0.15, -0.1) is 0 Å². The number of hydrogen-bond acceptors (Lipinski definition) is 11. The van der Waals surface area contributed by atoms with Gasteiger partial charge in [0, 0.05) is 87.4 Å². The Kier molecular flexibility index (Phi) is 22.8. The van der Waals surface area contributed by atoms with Crippen molar-refractivity contribution < 1.29 is 33.4 Å². The Morgan fingerprint density at radius 1 is 0.732 bits per heavy atom. The molecule has 0 saturated carbocycles. The molecule has 0 fully saturated rings. The first kappa shape index (κ1) is 63.1. The minimum Gasteiger partial charge on any atom is -0.490 e. The zero-order valence-electron chi connectivity index (χ0n) is 48.3. The molecular weight excluding hydrogens is 1130 g/mol. The summed E-state index contributed by atoms with van der Waals surface area (Å²) in [6.45, 7) is 14.2. The van der Waals surface area contributed by atoms with E-state index in [1.165, 1.54) is 17.9 Å². The highest BCUT2D eigenvalue weighted by atomic mass is 79.9. The van der Waals surface area contributed by atoms with Gasteiger partial charge in [0.05, 0.1) is 57.3 Å². The van der Waals surface area contributed by atoms with Crippen LogP contribution in [0.4, 0.5) is 0 Å². The lowest BCUT2D eigenvalue weighted by molar-refractivity contribution is -0.129. The standard InChI is InChI=1S/C31H33BrN6O3.C31H40ClN5O4/c1-20(2)41-28-12-11-23(15-24(28)16-33)31(40)35-25(17-34-29(39)19-37(3)4)14-21-7-9-22(10-8-21)27-18-38-13-5-6-26(32)30(38)36-27;1-8-37-18-27(35-30(37)20(4)33-21(5)38)23-11-9-22(10-12-23)15-25(17-29(39)36(6)7)34-31(40)24-13-14-28(26(32)16-24)41-19(2)3/h5-13,15,18,20,25H,14,17,19H2,1-4H3,(H,34,39)(H,35,40);9-14,16,18-20,25H,8,15,17H2,1-7H3,(H,33,38)(H,34,40). The first-order chi connectivity index (χ1) is 39.0. The monoisotopic (exact) mass is 1200 g/mol. The number of amides is 5. The van der Waals surface area contributed by atoms with Crippen LogP contribution < -0.4 is 30.7 Å². The number of fused-ring (bicyclic) bond motifs is 1. The summed E-state index contributed by atoms with van der Waals surface area (Å²) >= 11 is 9.89. The number of hydrogen-bond donors (Lipinski definition) is 4. The molecule has 3 atom stereocenters. The van der Waals surface area contributed by atoms with Crippen molar-refractivity contribution in [1.82, 2.24) is 50.0 Å². The number of likely N-dealkylation sites (N-methyl/N-ethyl adjacent to an activating group) is 1. The van der Waals surface area contributed by atoms with Crippen LogP contribution in [0.3, 0.4) is 0 Å². The van der Waals surface area contributed by atoms with Gasteiger partial charge in [-0.25, -0.2) is 9.97 Å². The van der Waals surface area contributed by atoms with Crippen LogP contribution in [0, 0.1) is 11.3 Å². The molecule has 18 nitrogen and oxygen atoms in total. The number of pyridine rings is 1. The molecular formula is C62H73BrClN11O7. The maximum absolute atomic E-state index is 13.2. The molecule has 0 saturated heterocycles. The summed E-state index contributed by atoms with van der Waals surface area (Å²) in [4.78, 5) is 75.6. The van der Waals surface area contributed by atoms with Crippen molar-refractivity contribution in [2.75, 3.05) is 41.3 Å². The molecule has 0 radical (unpaired) electrons. The number of benzene rings is 4. The SMILES string of the molecule is CC(C)Oc1ccc(C(=O)NC(CNC(=O)CN(C)C)Cc2ccc(-c3cn4cccc(Br)c4n3)cc2)cc1C#N.CCn1cc(-c2ccc(CC(CC(=O)N(C)C)NC(=O)c3ccc(OC(C)C)c(Cl)c3)cc2)nc1C(C)NC(C)=O. The van der Waals surface area contributed by atoms with E-state index in [1.807, 2.05) is 144 Å². The van der Waals surface area contributed by atoms with E-state index in [0.29, 0.717) is 40.5 Å². The summed E-state index contributed by atoms with van der Waals surface area (Å²) in [5, 5.41) is 21.8. The number of ether oxygens (including phenoxy) is 2. The lowest BCUT2D eigenvalue weighted by Gasteiger charge is -2.21. The van der Waals surface area contributed by atoms with Crippen molar-refractivity contribution in [3.05, 3.63) is 159 Å². The van der Waals surface area contributed by atoms with E-state index in [9.17, 15) is 29.2 Å². The average Bonchev–Trinajstić information content (AvgIpc) is 4.17. The number of halogens is 2. The Hall–Kier alpha value is -8.05. The molecule has 4 N–H and O–H groups in total. The van der Waals surface area contributed by atoms with Crippen molar-refractivity contribution in [3.63, 3.8) is 0 Å². The zero-order chi connectivity index (χ0) is 59.8. The molecule has 0 aliphatic rings. The van der Waals surface area contributed by atoms with E-state index in [-0.39, 0.29) is 78.9 Å². The van der Waals surface area contributed by atoms with Crippen molar-refractivity contribution >= 4 is 62.7 Å². The molecule has 3 heterocycles. The summed E-state index contributed by atoms with van der Waals surface area (Å²) in [6.07, 6.45) is 6.86. The third-order valence-electron chi connectivity index (χ3n) is 12.7. The topological polar surface area (TPSA) is 217 Å². The third kappa shape index (κ3) is 18.2. The largest absolute Gasteiger partial charge is 0.490 e. The van der Waals surface area contributed by atoms with Crippen LogP contribution in [-0.2, 0) is 33.8 Å². The smallest absolute Gasteiger partial charge is 0.251 e. The lowest BCUT2D eigenvalue weighted by Crippen LogP contribution is -2.46. The molecule has 432 valence electrons. The van der Waals surface area contributed by atoms with E-state index < -0.39 is 6.04 Å². The summed E-state index contributed by atoms with van der Waals surface area (Å²) in [5.74, 6) is 0.752. The van der Waals surface area contributed by atoms with Crippen molar-refractivity contribution in [2.24, 2.45) is 0 Å². The zero-order valence-corrected chi connectivity index (χ0v) is 50.7. The fourth-order valence-corrected chi connectivity index (χ4v) is 9.49. The fourth-order valence-electron chi connectivity index (χ4n) is 8.81. The van der Waals surface area contributed by atoms with Gasteiger partial charge in [0.2, 0.25) is 17.7 Å². The Morgan fingerprint density at radius 3 is 1.83 bits per heavy atom. The highest BCUT2D eigenvalue weighted by molar-refractivity contribution is 9.10. The Labute approximate surface area is 493 Å². The normalized spacial score (nSPS) is 12.2. The molecule has 7 rings (SSSR count). The van der Waals surface area contributed by atoms with Crippen LogP contribution in [0.2, 0.25) is 5.02 Å². The number of aromatic nitrogens is 4. The van der Waals surface area contributed by atoms with Gasteiger partial charge in [0.1, 0.15) is 23.4 Å². The fraction of sp³-hybridized carbons (Fsp3) is 0.355.